The zero-order valence-electron chi connectivity index (χ0n) is 13.5. The molecule has 0 unspecified atom stereocenters. The molecule has 1 aromatic carbocycles. The summed E-state index contributed by atoms with van der Waals surface area (Å²) in [5.74, 6) is -1.78. The zero-order valence-corrected chi connectivity index (χ0v) is 13.5. The molecular formula is C18H19NO5. The van der Waals surface area contributed by atoms with Crippen LogP contribution in [0.15, 0.2) is 36.4 Å². The predicted molar refractivity (Wildman–Crippen MR) is 84.5 cm³/mol. The van der Waals surface area contributed by atoms with Crippen molar-refractivity contribution in [1.29, 1.82) is 0 Å². The van der Waals surface area contributed by atoms with Gasteiger partial charge in [-0.05, 0) is 24.6 Å². The topological polar surface area (TPSA) is 76.1 Å². The van der Waals surface area contributed by atoms with Crippen molar-refractivity contribution in [3.63, 3.8) is 0 Å². The summed E-state index contributed by atoms with van der Waals surface area (Å²) >= 11 is 0. The van der Waals surface area contributed by atoms with E-state index in [0.717, 1.165) is 11.3 Å². The maximum atomic E-state index is 12.9. The van der Waals surface area contributed by atoms with Crippen LogP contribution in [0.25, 0.3) is 0 Å². The summed E-state index contributed by atoms with van der Waals surface area (Å²) in [4.78, 5) is 26.3. The summed E-state index contributed by atoms with van der Waals surface area (Å²) < 4.78 is 11.1. The van der Waals surface area contributed by atoms with Gasteiger partial charge >= 0.3 is 5.97 Å². The van der Waals surface area contributed by atoms with Crippen LogP contribution in [0.1, 0.15) is 18.5 Å². The first-order valence-corrected chi connectivity index (χ1v) is 8.01. The van der Waals surface area contributed by atoms with Crippen LogP contribution in [0, 0.1) is 11.8 Å². The van der Waals surface area contributed by atoms with Crippen molar-refractivity contribution in [2.75, 3.05) is 13.7 Å². The van der Waals surface area contributed by atoms with E-state index in [1.54, 1.807) is 18.1 Å². The summed E-state index contributed by atoms with van der Waals surface area (Å²) in [5, 5.41) is 9.50. The van der Waals surface area contributed by atoms with Crippen LogP contribution in [0.2, 0.25) is 0 Å². The highest BCUT2D eigenvalue weighted by atomic mass is 16.5. The molecule has 1 aromatic rings. The van der Waals surface area contributed by atoms with E-state index >= 15 is 0 Å². The second kappa shape index (κ2) is 5.08. The monoisotopic (exact) mass is 329 g/mol. The number of likely N-dealkylation sites (tertiary alicyclic amines) is 1. The lowest BCUT2D eigenvalue weighted by atomic mass is 9.77. The highest BCUT2D eigenvalue weighted by Gasteiger charge is 2.67. The van der Waals surface area contributed by atoms with Crippen LogP contribution in [0.3, 0.4) is 0 Å². The summed E-state index contributed by atoms with van der Waals surface area (Å²) in [6.07, 6.45) is 3.17. The fraction of sp³-hybridized carbons (Fsp3) is 0.444. The van der Waals surface area contributed by atoms with E-state index in [4.69, 9.17) is 9.47 Å². The Labute approximate surface area is 139 Å². The molecule has 2 fully saturated rings. The Hall–Kier alpha value is -2.34. The molecule has 1 amide bonds. The first-order valence-electron chi connectivity index (χ1n) is 8.01. The second-order valence-corrected chi connectivity index (χ2v) is 6.65. The first kappa shape index (κ1) is 15.2. The lowest BCUT2D eigenvalue weighted by Gasteiger charge is -2.27. The lowest BCUT2D eigenvalue weighted by Crippen LogP contribution is -2.39. The molecule has 0 saturated carbocycles. The minimum atomic E-state index is -0.969. The van der Waals surface area contributed by atoms with Gasteiger partial charge in [-0.15, -0.1) is 0 Å². The average Bonchev–Trinajstić information content (AvgIpc) is 3.22. The minimum Gasteiger partial charge on any atom is -0.497 e. The highest BCUT2D eigenvalue weighted by molar-refractivity contribution is 5.91. The van der Waals surface area contributed by atoms with Gasteiger partial charge in [0.05, 0.1) is 31.7 Å². The zero-order chi connectivity index (χ0) is 17.1. The SMILES string of the molecule is COc1ccc([C@H](C)N2C[C@@]34C=C[C@H](O3)[C@H](C(=O)O)[C@H]4C2=O)cc1. The van der Waals surface area contributed by atoms with Crippen molar-refractivity contribution in [3.05, 3.63) is 42.0 Å². The number of benzene rings is 1. The number of methoxy groups -OCH3 is 1. The van der Waals surface area contributed by atoms with Crippen molar-refractivity contribution in [2.45, 2.75) is 24.7 Å². The Morgan fingerprint density at radius 1 is 1.42 bits per heavy atom. The predicted octanol–water partition coefficient (Wildman–Crippen LogP) is 1.62. The summed E-state index contributed by atoms with van der Waals surface area (Å²) in [5.41, 5.74) is 0.192. The third-order valence-electron chi connectivity index (χ3n) is 5.48. The third-order valence-corrected chi connectivity index (χ3v) is 5.48. The molecule has 6 nitrogen and oxygen atoms in total. The van der Waals surface area contributed by atoms with Crippen molar-refractivity contribution in [2.24, 2.45) is 11.8 Å². The number of aliphatic carboxylic acids is 1. The summed E-state index contributed by atoms with van der Waals surface area (Å²) in [6.45, 7) is 2.34. The molecule has 6 heteroatoms. The van der Waals surface area contributed by atoms with Crippen LogP contribution >= 0.6 is 0 Å². The standard InChI is InChI=1S/C18H19NO5/c1-10(11-3-5-12(23-2)6-4-11)19-9-18-8-7-13(24-18)14(17(21)22)15(18)16(19)20/h3-8,10,13-15H,9H2,1-2H3,(H,21,22)/t10-,13-,14-,15-,18+/m0/s1. The normalized spacial score (nSPS) is 34.5. The maximum Gasteiger partial charge on any atom is 0.310 e. The Morgan fingerprint density at radius 3 is 2.75 bits per heavy atom. The van der Waals surface area contributed by atoms with Crippen molar-refractivity contribution >= 4 is 11.9 Å². The molecule has 1 spiro atoms. The molecule has 126 valence electrons. The molecule has 2 saturated heterocycles. The number of carboxylic acids is 1. The van der Waals surface area contributed by atoms with Gasteiger partial charge in [0.1, 0.15) is 17.3 Å². The minimum absolute atomic E-state index is 0.141. The van der Waals surface area contributed by atoms with E-state index in [9.17, 15) is 14.7 Å². The van der Waals surface area contributed by atoms with Crippen molar-refractivity contribution in [3.8, 4) is 5.75 Å². The quantitative estimate of drug-likeness (QED) is 0.850. The van der Waals surface area contributed by atoms with Crippen molar-refractivity contribution in [1.82, 2.24) is 4.90 Å². The van der Waals surface area contributed by atoms with E-state index in [-0.39, 0.29) is 11.9 Å². The molecule has 0 radical (unpaired) electrons. The van der Waals surface area contributed by atoms with Crippen LogP contribution in [0.4, 0.5) is 0 Å². The van der Waals surface area contributed by atoms with Gasteiger partial charge in [-0.1, -0.05) is 24.3 Å². The van der Waals surface area contributed by atoms with Crippen LogP contribution in [0.5, 0.6) is 5.75 Å². The number of rotatable bonds is 4. The van der Waals surface area contributed by atoms with E-state index < -0.39 is 29.5 Å². The van der Waals surface area contributed by atoms with E-state index in [2.05, 4.69) is 0 Å². The fourth-order valence-corrected chi connectivity index (χ4v) is 4.20. The number of carbonyl (C=O) groups excluding carboxylic acids is 1. The van der Waals surface area contributed by atoms with E-state index in [0.29, 0.717) is 6.54 Å². The third kappa shape index (κ3) is 1.92. The number of amides is 1. The maximum absolute atomic E-state index is 12.9. The molecule has 3 aliphatic rings. The Balaban J connectivity index is 1.63. The Bertz CT molecular complexity index is 727. The largest absolute Gasteiger partial charge is 0.497 e. The molecule has 0 aliphatic carbocycles. The Morgan fingerprint density at radius 2 is 2.12 bits per heavy atom. The van der Waals surface area contributed by atoms with Gasteiger partial charge in [-0.3, -0.25) is 9.59 Å². The van der Waals surface area contributed by atoms with E-state index in [1.807, 2.05) is 37.3 Å². The number of ether oxygens (including phenoxy) is 2. The van der Waals surface area contributed by atoms with Crippen LogP contribution < -0.4 is 4.74 Å². The van der Waals surface area contributed by atoms with Crippen molar-refractivity contribution < 1.29 is 24.2 Å². The Kier molecular flexibility index (Phi) is 3.22. The summed E-state index contributed by atoms with van der Waals surface area (Å²) in [6, 6.07) is 7.39. The van der Waals surface area contributed by atoms with Gasteiger partial charge in [0.25, 0.3) is 0 Å². The van der Waals surface area contributed by atoms with Gasteiger partial charge in [-0.25, -0.2) is 0 Å². The summed E-state index contributed by atoms with van der Waals surface area (Å²) in [7, 11) is 1.61. The number of fused-ring (bicyclic) bond motifs is 1. The molecular weight excluding hydrogens is 310 g/mol. The van der Waals surface area contributed by atoms with Gasteiger partial charge in [0.15, 0.2) is 0 Å². The number of hydrogen-bond donors (Lipinski definition) is 1. The molecule has 3 heterocycles. The number of carbonyl (C=O) groups is 2. The van der Waals surface area contributed by atoms with E-state index in [1.165, 1.54) is 0 Å². The molecule has 3 aliphatic heterocycles. The van der Waals surface area contributed by atoms with Gasteiger partial charge in [0, 0.05) is 0 Å². The molecule has 0 aromatic heterocycles. The number of hydrogen-bond acceptors (Lipinski definition) is 4. The molecule has 24 heavy (non-hydrogen) atoms. The molecule has 4 rings (SSSR count). The van der Waals surface area contributed by atoms with Gasteiger partial charge in [-0.2, -0.15) is 0 Å². The number of nitrogens with zero attached hydrogens (tertiary/aromatic N) is 1. The second-order valence-electron chi connectivity index (χ2n) is 6.65. The smallest absolute Gasteiger partial charge is 0.310 e. The number of carboxylic acid groups (broad SMARTS) is 1. The first-order chi connectivity index (χ1) is 11.5. The lowest BCUT2D eigenvalue weighted by molar-refractivity contribution is -0.148. The van der Waals surface area contributed by atoms with Crippen LogP contribution in [-0.2, 0) is 14.3 Å². The highest BCUT2D eigenvalue weighted by Crippen LogP contribution is 2.53. The van der Waals surface area contributed by atoms with Gasteiger partial charge < -0.3 is 19.5 Å². The fourth-order valence-electron chi connectivity index (χ4n) is 4.20. The molecule has 2 bridgehead atoms. The van der Waals surface area contributed by atoms with Gasteiger partial charge in [0.2, 0.25) is 5.91 Å². The van der Waals surface area contributed by atoms with Crippen LogP contribution in [-0.4, -0.2) is 47.2 Å². The average molecular weight is 329 g/mol. The molecule has 1 N–H and O–H groups in total. The molecule has 5 atom stereocenters.